The standard InChI is InChI=1S/C12H17ClN2O3S/c1-4-7-14-12(16)9-5-6-10(13)11(8-9)15(2)19(3,17)18/h5-6,8H,4,7H2,1-3H3,(H,14,16). The Labute approximate surface area is 118 Å². The molecule has 0 aliphatic rings. The van der Waals surface area contributed by atoms with Gasteiger partial charge in [-0.25, -0.2) is 8.42 Å². The predicted molar refractivity (Wildman–Crippen MR) is 77.3 cm³/mol. The molecular weight excluding hydrogens is 288 g/mol. The van der Waals surface area contributed by atoms with Crippen LogP contribution in [-0.2, 0) is 10.0 Å². The van der Waals surface area contributed by atoms with Gasteiger partial charge in [0.15, 0.2) is 0 Å². The number of nitrogens with one attached hydrogen (secondary N) is 1. The van der Waals surface area contributed by atoms with E-state index in [1.807, 2.05) is 6.92 Å². The summed E-state index contributed by atoms with van der Waals surface area (Å²) in [5, 5.41) is 3.00. The third kappa shape index (κ3) is 4.11. The van der Waals surface area contributed by atoms with Gasteiger partial charge in [-0.2, -0.15) is 0 Å². The molecule has 7 heteroatoms. The minimum absolute atomic E-state index is 0.248. The maximum absolute atomic E-state index is 11.8. The van der Waals surface area contributed by atoms with Crippen molar-refractivity contribution in [1.82, 2.24) is 5.32 Å². The van der Waals surface area contributed by atoms with Crippen LogP contribution in [0.25, 0.3) is 0 Å². The Morgan fingerprint density at radius 3 is 2.58 bits per heavy atom. The molecule has 5 nitrogen and oxygen atoms in total. The molecule has 0 radical (unpaired) electrons. The molecule has 106 valence electrons. The summed E-state index contributed by atoms with van der Waals surface area (Å²) in [6.45, 7) is 2.52. The number of anilines is 1. The molecule has 0 bridgehead atoms. The lowest BCUT2D eigenvalue weighted by molar-refractivity contribution is 0.0953. The number of rotatable bonds is 5. The molecule has 0 aliphatic carbocycles. The molecule has 0 fully saturated rings. The fraction of sp³-hybridized carbons (Fsp3) is 0.417. The molecule has 0 saturated carbocycles. The SMILES string of the molecule is CCCNC(=O)c1ccc(Cl)c(N(C)S(C)(=O)=O)c1. The molecule has 1 aromatic rings. The third-order valence-corrected chi connectivity index (χ3v) is 4.09. The Hall–Kier alpha value is -1.27. The molecule has 1 rings (SSSR count). The van der Waals surface area contributed by atoms with Crippen LogP contribution in [0.3, 0.4) is 0 Å². The average Bonchev–Trinajstić information content (AvgIpc) is 2.34. The fourth-order valence-electron chi connectivity index (χ4n) is 1.41. The number of carbonyl (C=O) groups is 1. The Balaban J connectivity index is 3.11. The van der Waals surface area contributed by atoms with Crippen molar-refractivity contribution in [3.8, 4) is 0 Å². The highest BCUT2D eigenvalue weighted by Crippen LogP contribution is 2.27. The van der Waals surface area contributed by atoms with Crippen LogP contribution in [0.4, 0.5) is 5.69 Å². The largest absolute Gasteiger partial charge is 0.352 e. The maximum atomic E-state index is 11.8. The van der Waals surface area contributed by atoms with Crippen molar-refractivity contribution in [2.75, 3.05) is 24.2 Å². The number of sulfonamides is 1. The average molecular weight is 305 g/mol. The summed E-state index contributed by atoms with van der Waals surface area (Å²) in [5.74, 6) is -0.248. The third-order valence-electron chi connectivity index (χ3n) is 2.58. The molecular formula is C12H17ClN2O3S. The van der Waals surface area contributed by atoms with Crippen LogP contribution in [0.5, 0.6) is 0 Å². The lowest BCUT2D eigenvalue weighted by Gasteiger charge is -2.18. The molecule has 1 aromatic carbocycles. The Bertz CT molecular complexity index is 572. The topological polar surface area (TPSA) is 66.5 Å². The minimum Gasteiger partial charge on any atom is -0.352 e. The summed E-state index contributed by atoms with van der Waals surface area (Å²) in [6.07, 6.45) is 1.91. The highest BCUT2D eigenvalue weighted by Gasteiger charge is 2.17. The van der Waals surface area contributed by atoms with Gasteiger partial charge in [-0.3, -0.25) is 9.10 Å². The Morgan fingerprint density at radius 1 is 1.42 bits per heavy atom. The van der Waals surface area contributed by atoms with E-state index in [1.165, 1.54) is 19.2 Å². The van der Waals surface area contributed by atoms with Crippen LogP contribution in [0.1, 0.15) is 23.7 Å². The lowest BCUT2D eigenvalue weighted by atomic mass is 10.2. The molecule has 0 aliphatic heterocycles. The molecule has 0 heterocycles. The number of hydrogen-bond acceptors (Lipinski definition) is 3. The van der Waals surface area contributed by atoms with E-state index in [0.717, 1.165) is 17.0 Å². The van der Waals surface area contributed by atoms with Crippen molar-refractivity contribution < 1.29 is 13.2 Å². The zero-order chi connectivity index (χ0) is 14.6. The van der Waals surface area contributed by atoms with Crippen molar-refractivity contribution in [2.45, 2.75) is 13.3 Å². The van der Waals surface area contributed by atoms with Crippen LogP contribution in [0, 0.1) is 0 Å². The summed E-state index contributed by atoms with van der Waals surface area (Å²) in [4.78, 5) is 11.8. The van der Waals surface area contributed by atoms with E-state index in [9.17, 15) is 13.2 Å². The van der Waals surface area contributed by atoms with E-state index in [-0.39, 0.29) is 16.6 Å². The van der Waals surface area contributed by atoms with Gasteiger partial charge in [0.25, 0.3) is 5.91 Å². The highest BCUT2D eigenvalue weighted by molar-refractivity contribution is 7.92. The van der Waals surface area contributed by atoms with Crippen LogP contribution < -0.4 is 9.62 Å². The van der Waals surface area contributed by atoms with Crippen LogP contribution in [0.2, 0.25) is 5.02 Å². The van der Waals surface area contributed by atoms with Gasteiger partial charge < -0.3 is 5.32 Å². The first-order valence-electron chi connectivity index (χ1n) is 5.79. The summed E-state index contributed by atoms with van der Waals surface area (Å²) < 4.78 is 24.1. The van der Waals surface area contributed by atoms with Gasteiger partial charge in [0.2, 0.25) is 10.0 Å². The van der Waals surface area contributed by atoms with Gasteiger partial charge >= 0.3 is 0 Å². The number of amides is 1. The first kappa shape index (κ1) is 15.8. The molecule has 1 N–H and O–H groups in total. The first-order chi connectivity index (χ1) is 8.77. The van der Waals surface area contributed by atoms with E-state index < -0.39 is 10.0 Å². The number of benzene rings is 1. The van der Waals surface area contributed by atoms with E-state index in [0.29, 0.717) is 12.1 Å². The molecule has 1 amide bonds. The number of halogens is 1. The summed E-state index contributed by atoms with van der Waals surface area (Å²) >= 11 is 5.97. The molecule has 0 unspecified atom stereocenters. The first-order valence-corrected chi connectivity index (χ1v) is 8.01. The smallest absolute Gasteiger partial charge is 0.251 e. The van der Waals surface area contributed by atoms with Crippen molar-refractivity contribution in [3.63, 3.8) is 0 Å². The van der Waals surface area contributed by atoms with Crippen LogP contribution in [-0.4, -0.2) is 34.2 Å². The molecule has 0 saturated heterocycles. The number of carbonyl (C=O) groups excluding carboxylic acids is 1. The zero-order valence-electron chi connectivity index (χ0n) is 11.1. The Kier molecular flexibility index (Phi) is 5.20. The van der Waals surface area contributed by atoms with Gasteiger partial charge in [-0.05, 0) is 24.6 Å². The summed E-state index contributed by atoms with van der Waals surface area (Å²) in [6, 6.07) is 4.54. The van der Waals surface area contributed by atoms with Crippen molar-refractivity contribution >= 4 is 33.2 Å². The van der Waals surface area contributed by atoms with Crippen LogP contribution in [0.15, 0.2) is 18.2 Å². The molecule has 19 heavy (non-hydrogen) atoms. The van der Waals surface area contributed by atoms with Crippen LogP contribution >= 0.6 is 11.6 Å². The van der Waals surface area contributed by atoms with Gasteiger partial charge in [-0.15, -0.1) is 0 Å². The normalized spacial score (nSPS) is 11.2. The monoisotopic (exact) mass is 304 g/mol. The number of nitrogens with zero attached hydrogens (tertiary/aromatic N) is 1. The second kappa shape index (κ2) is 6.25. The maximum Gasteiger partial charge on any atom is 0.251 e. The fourth-order valence-corrected chi connectivity index (χ4v) is 2.22. The zero-order valence-corrected chi connectivity index (χ0v) is 12.7. The van der Waals surface area contributed by atoms with Crippen molar-refractivity contribution in [3.05, 3.63) is 28.8 Å². The van der Waals surface area contributed by atoms with E-state index in [1.54, 1.807) is 6.07 Å². The Morgan fingerprint density at radius 2 is 2.05 bits per heavy atom. The van der Waals surface area contributed by atoms with Crippen molar-refractivity contribution in [1.29, 1.82) is 0 Å². The van der Waals surface area contributed by atoms with Crippen molar-refractivity contribution in [2.24, 2.45) is 0 Å². The number of hydrogen-bond donors (Lipinski definition) is 1. The van der Waals surface area contributed by atoms with Gasteiger partial charge in [0, 0.05) is 19.2 Å². The minimum atomic E-state index is -3.42. The highest BCUT2D eigenvalue weighted by atomic mass is 35.5. The van der Waals surface area contributed by atoms with Gasteiger partial charge in [0.1, 0.15) is 0 Å². The summed E-state index contributed by atoms with van der Waals surface area (Å²) in [5.41, 5.74) is 0.664. The molecule has 0 spiro atoms. The van der Waals surface area contributed by atoms with Gasteiger partial charge in [-0.1, -0.05) is 18.5 Å². The van der Waals surface area contributed by atoms with E-state index >= 15 is 0 Å². The van der Waals surface area contributed by atoms with E-state index in [4.69, 9.17) is 11.6 Å². The van der Waals surface area contributed by atoms with Gasteiger partial charge in [0.05, 0.1) is 17.0 Å². The lowest BCUT2D eigenvalue weighted by Crippen LogP contribution is -2.27. The predicted octanol–water partition coefficient (Wildman–Crippen LogP) is 1.88. The second-order valence-corrected chi connectivity index (χ2v) is 6.57. The summed E-state index contributed by atoms with van der Waals surface area (Å²) in [7, 11) is -2.03. The quantitative estimate of drug-likeness (QED) is 0.903. The molecule has 0 aromatic heterocycles. The van der Waals surface area contributed by atoms with E-state index in [2.05, 4.69) is 5.32 Å². The molecule has 0 atom stereocenters. The second-order valence-electron chi connectivity index (χ2n) is 4.15.